The number of non-ortho nitro benzene ring substituents is 1. The molecule has 1 unspecified atom stereocenters. The molecule has 0 saturated carbocycles. The second kappa shape index (κ2) is 4.37. The Morgan fingerprint density at radius 1 is 1.21 bits per heavy atom. The van der Waals surface area contributed by atoms with Crippen molar-refractivity contribution in [2.45, 2.75) is 12.7 Å². The molecular formula is C14H11NO4. The lowest BCUT2D eigenvalue weighted by Crippen LogP contribution is -1.98. The number of hydrogen-bond donors (Lipinski definition) is 1. The maximum atomic E-state index is 10.6. The summed E-state index contributed by atoms with van der Waals surface area (Å²) in [6.07, 6.45) is -0.226. The molecule has 1 aliphatic heterocycles. The van der Waals surface area contributed by atoms with Gasteiger partial charge in [-0.05, 0) is 41.0 Å². The Morgan fingerprint density at radius 3 is 2.63 bits per heavy atom. The minimum atomic E-state index is -0.425. The van der Waals surface area contributed by atoms with Gasteiger partial charge in [0.2, 0.25) is 0 Å². The van der Waals surface area contributed by atoms with E-state index in [9.17, 15) is 15.2 Å². The van der Waals surface area contributed by atoms with Crippen LogP contribution in [0.1, 0.15) is 22.8 Å². The first kappa shape index (κ1) is 11.7. The molecular weight excluding hydrogens is 246 g/mol. The molecule has 19 heavy (non-hydrogen) atoms. The average Bonchev–Trinajstić information content (AvgIpc) is 2.81. The lowest BCUT2D eigenvalue weighted by molar-refractivity contribution is -0.384. The van der Waals surface area contributed by atoms with Crippen LogP contribution in [0.5, 0.6) is 5.75 Å². The molecule has 0 aliphatic carbocycles. The molecule has 0 fully saturated rings. The molecule has 1 heterocycles. The Bertz CT molecular complexity index is 636. The van der Waals surface area contributed by atoms with Crippen molar-refractivity contribution in [1.29, 1.82) is 0 Å². The summed E-state index contributed by atoms with van der Waals surface area (Å²) in [4.78, 5) is 10.2. The van der Waals surface area contributed by atoms with Crippen molar-refractivity contribution in [1.82, 2.24) is 0 Å². The van der Waals surface area contributed by atoms with Crippen molar-refractivity contribution >= 4 is 5.69 Å². The number of nitrogens with zero attached hydrogens (tertiary/aromatic N) is 1. The molecule has 0 aromatic heterocycles. The molecule has 3 rings (SSSR count). The van der Waals surface area contributed by atoms with Gasteiger partial charge in [-0.25, -0.2) is 0 Å². The van der Waals surface area contributed by atoms with Crippen molar-refractivity contribution in [2.75, 3.05) is 0 Å². The molecule has 0 saturated heterocycles. The maximum absolute atomic E-state index is 10.6. The highest BCUT2D eigenvalue weighted by atomic mass is 16.6. The predicted octanol–water partition coefficient (Wildman–Crippen LogP) is 2.92. The Morgan fingerprint density at radius 2 is 1.95 bits per heavy atom. The number of nitro benzene ring substituents is 1. The van der Waals surface area contributed by atoms with Gasteiger partial charge in [0.1, 0.15) is 11.9 Å². The fourth-order valence-electron chi connectivity index (χ4n) is 2.28. The largest absolute Gasteiger partial charge is 0.508 e. The van der Waals surface area contributed by atoms with Gasteiger partial charge in [0.25, 0.3) is 5.69 Å². The van der Waals surface area contributed by atoms with E-state index in [0.29, 0.717) is 6.61 Å². The first-order valence-corrected chi connectivity index (χ1v) is 5.83. The summed E-state index contributed by atoms with van der Waals surface area (Å²) in [7, 11) is 0. The van der Waals surface area contributed by atoms with Gasteiger partial charge in [0.15, 0.2) is 0 Å². The van der Waals surface area contributed by atoms with Crippen molar-refractivity contribution in [3.05, 3.63) is 69.3 Å². The normalized spacial score (nSPS) is 17.2. The van der Waals surface area contributed by atoms with Gasteiger partial charge in [-0.15, -0.1) is 0 Å². The van der Waals surface area contributed by atoms with Crippen LogP contribution in [0.4, 0.5) is 5.69 Å². The zero-order valence-corrected chi connectivity index (χ0v) is 9.95. The highest BCUT2D eigenvalue weighted by Crippen LogP contribution is 2.37. The highest BCUT2D eigenvalue weighted by molar-refractivity contribution is 5.44. The van der Waals surface area contributed by atoms with Gasteiger partial charge >= 0.3 is 0 Å². The summed E-state index contributed by atoms with van der Waals surface area (Å²) < 4.78 is 5.68. The monoisotopic (exact) mass is 257 g/mol. The summed E-state index contributed by atoms with van der Waals surface area (Å²) in [5, 5.41) is 20.0. The fraction of sp³-hybridized carbons (Fsp3) is 0.143. The summed E-state index contributed by atoms with van der Waals surface area (Å²) in [5.74, 6) is 0.215. The zero-order chi connectivity index (χ0) is 13.4. The molecule has 5 nitrogen and oxygen atoms in total. The smallest absolute Gasteiger partial charge is 0.269 e. The van der Waals surface area contributed by atoms with E-state index in [2.05, 4.69) is 0 Å². The van der Waals surface area contributed by atoms with Crippen LogP contribution >= 0.6 is 0 Å². The lowest BCUT2D eigenvalue weighted by atomic mass is 9.99. The number of phenols is 1. The average molecular weight is 257 g/mol. The molecule has 0 bridgehead atoms. The molecule has 1 N–H and O–H groups in total. The summed E-state index contributed by atoms with van der Waals surface area (Å²) in [6.45, 7) is 0.436. The molecule has 0 amide bonds. The van der Waals surface area contributed by atoms with Crippen LogP contribution < -0.4 is 0 Å². The van der Waals surface area contributed by atoms with E-state index in [1.165, 1.54) is 12.1 Å². The van der Waals surface area contributed by atoms with Crippen LogP contribution in [-0.2, 0) is 11.3 Å². The minimum absolute atomic E-state index is 0.0627. The number of ether oxygens (including phenoxy) is 1. The maximum Gasteiger partial charge on any atom is 0.269 e. The second-order valence-corrected chi connectivity index (χ2v) is 4.42. The highest BCUT2D eigenvalue weighted by Gasteiger charge is 2.25. The van der Waals surface area contributed by atoms with E-state index in [4.69, 9.17) is 4.74 Å². The molecule has 0 radical (unpaired) electrons. The number of aromatic hydroxyl groups is 1. The second-order valence-electron chi connectivity index (χ2n) is 4.42. The third-order valence-electron chi connectivity index (χ3n) is 3.22. The first-order valence-electron chi connectivity index (χ1n) is 5.83. The summed E-state index contributed by atoms with van der Waals surface area (Å²) >= 11 is 0. The van der Waals surface area contributed by atoms with Crippen LogP contribution in [0, 0.1) is 10.1 Å². The summed E-state index contributed by atoms with van der Waals surface area (Å²) in [6, 6.07) is 11.5. The predicted molar refractivity (Wildman–Crippen MR) is 67.8 cm³/mol. The third kappa shape index (κ3) is 2.04. The number of nitro groups is 1. The minimum Gasteiger partial charge on any atom is -0.508 e. The Kier molecular flexibility index (Phi) is 2.68. The standard InChI is InChI=1S/C14H11NO4/c16-12-5-6-13-10(7-12)8-19-14(13)9-1-3-11(4-2-9)15(17)18/h1-7,14,16H,8H2. The summed E-state index contributed by atoms with van der Waals surface area (Å²) in [5.41, 5.74) is 2.87. The van der Waals surface area contributed by atoms with Crippen molar-refractivity contribution in [3.8, 4) is 5.75 Å². The van der Waals surface area contributed by atoms with Gasteiger partial charge in [0, 0.05) is 12.1 Å². The lowest BCUT2D eigenvalue weighted by Gasteiger charge is -2.11. The molecule has 2 aromatic rings. The molecule has 0 spiro atoms. The van der Waals surface area contributed by atoms with E-state index < -0.39 is 4.92 Å². The van der Waals surface area contributed by atoms with Crippen LogP contribution in [0.15, 0.2) is 42.5 Å². The van der Waals surface area contributed by atoms with E-state index >= 15 is 0 Å². The van der Waals surface area contributed by atoms with Gasteiger partial charge in [0.05, 0.1) is 11.5 Å². The van der Waals surface area contributed by atoms with Crippen LogP contribution in [0.2, 0.25) is 0 Å². The van der Waals surface area contributed by atoms with Crippen molar-refractivity contribution in [3.63, 3.8) is 0 Å². The topological polar surface area (TPSA) is 72.6 Å². The molecule has 1 aliphatic rings. The van der Waals surface area contributed by atoms with Gasteiger partial charge in [-0.3, -0.25) is 10.1 Å². The number of hydrogen-bond acceptors (Lipinski definition) is 4. The number of rotatable bonds is 2. The number of phenolic OH excluding ortho intramolecular Hbond substituents is 1. The van der Waals surface area contributed by atoms with Gasteiger partial charge < -0.3 is 9.84 Å². The molecule has 96 valence electrons. The molecule has 5 heteroatoms. The quantitative estimate of drug-likeness (QED) is 0.663. The number of fused-ring (bicyclic) bond motifs is 1. The van der Waals surface area contributed by atoms with Gasteiger partial charge in [-0.2, -0.15) is 0 Å². The van der Waals surface area contributed by atoms with E-state index in [1.54, 1.807) is 24.3 Å². The Labute approximate surface area is 109 Å². The van der Waals surface area contributed by atoms with E-state index in [-0.39, 0.29) is 17.5 Å². The SMILES string of the molecule is O=[N+]([O-])c1ccc(C2OCc3cc(O)ccc32)cc1. The van der Waals surface area contributed by atoms with Crippen molar-refractivity contribution in [2.24, 2.45) is 0 Å². The van der Waals surface area contributed by atoms with E-state index in [0.717, 1.165) is 16.7 Å². The molecule has 2 aromatic carbocycles. The zero-order valence-electron chi connectivity index (χ0n) is 9.95. The van der Waals surface area contributed by atoms with Crippen LogP contribution in [0.25, 0.3) is 0 Å². The Balaban J connectivity index is 1.95. The first-order chi connectivity index (χ1) is 9.15. The van der Waals surface area contributed by atoms with Crippen LogP contribution in [0.3, 0.4) is 0 Å². The van der Waals surface area contributed by atoms with Gasteiger partial charge in [-0.1, -0.05) is 6.07 Å². The molecule has 1 atom stereocenters. The Hall–Kier alpha value is -2.40. The third-order valence-corrected chi connectivity index (χ3v) is 3.22. The van der Waals surface area contributed by atoms with E-state index in [1.807, 2.05) is 6.07 Å². The fourth-order valence-corrected chi connectivity index (χ4v) is 2.28. The van der Waals surface area contributed by atoms with Crippen LogP contribution in [-0.4, -0.2) is 10.0 Å². The van der Waals surface area contributed by atoms with Crippen molar-refractivity contribution < 1.29 is 14.8 Å². The number of benzene rings is 2.